The normalized spacial score (nSPS) is 14.8. The number of benzene rings is 2. The predicted molar refractivity (Wildman–Crippen MR) is 125 cm³/mol. The average Bonchev–Trinajstić information content (AvgIpc) is 3.26. The molecule has 0 radical (unpaired) electrons. The lowest BCUT2D eigenvalue weighted by Crippen LogP contribution is -2.35. The van der Waals surface area contributed by atoms with E-state index in [-0.39, 0.29) is 22.1 Å². The van der Waals surface area contributed by atoms with Gasteiger partial charge in [-0.05, 0) is 43.2 Å². The van der Waals surface area contributed by atoms with Gasteiger partial charge in [-0.3, -0.25) is 0 Å². The largest absolute Gasteiger partial charge is 0.456 e. The van der Waals surface area contributed by atoms with Crippen molar-refractivity contribution in [1.82, 2.24) is 9.29 Å². The molecule has 1 saturated heterocycles. The topological polar surface area (TPSA) is 88.6 Å². The van der Waals surface area contributed by atoms with E-state index < -0.39 is 16.0 Å². The van der Waals surface area contributed by atoms with Gasteiger partial charge in [-0.25, -0.2) is 18.2 Å². The summed E-state index contributed by atoms with van der Waals surface area (Å²) in [6.07, 6.45) is 2.68. The summed E-state index contributed by atoms with van der Waals surface area (Å²) in [5, 5.41) is 5.78. The quantitative estimate of drug-likeness (QED) is 0.464. The number of esters is 1. The predicted octanol–water partition coefficient (Wildman–Crippen LogP) is 5.07. The van der Waals surface area contributed by atoms with Gasteiger partial charge in [0, 0.05) is 24.2 Å². The second kappa shape index (κ2) is 9.99. The van der Waals surface area contributed by atoms with Crippen molar-refractivity contribution in [1.29, 1.82) is 0 Å². The molecule has 168 valence electrons. The van der Waals surface area contributed by atoms with E-state index in [9.17, 15) is 13.2 Å². The number of halogens is 1. The van der Waals surface area contributed by atoms with Gasteiger partial charge in [0.15, 0.2) is 5.13 Å². The SMILES string of the molecule is O=C(OCc1csc(Nc2ccccc2)n1)c1cc(S(=O)(=O)N2CCCCC2)ccc1Cl. The Morgan fingerprint density at radius 2 is 1.88 bits per heavy atom. The molecule has 4 rings (SSSR count). The zero-order valence-electron chi connectivity index (χ0n) is 17.2. The molecule has 0 spiro atoms. The van der Waals surface area contributed by atoms with Crippen molar-refractivity contribution in [3.05, 3.63) is 70.2 Å². The van der Waals surface area contributed by atoms with Crippen LogP contribution in [0.4, 0.5) is 10.8 Å². The number of aromatic nitrogens is 1. The van der Waals surface area contributed by atoms with E-state index in [0.29, 0.717) is 23.9 Å². The second-order valence-electron chi connectivity index (χ2n) is 7.32. The minimum Gasteiger partial charge on any atom is -0.456 e. The standard InChI is InChI=1S/C22H22ClN3O4S2/c23-20-10-9-18(32(28,29)26-11-5-2-6-12-26)13-19(20)21(27)30-14-17-15-31-22(25-17)24-16-7-3-1-4-8-16/h1,3-4,7-10,13,15H,2,5-6,11-12,14H2,(H,24,25). The number of thiazole rings is 1. The first-order valence-corrected chi connectivity index (χ1v) is 12.9. The maximum atomic E-state index is 12.9. The van der Waals surface area contributed by atoms with Crippen LogP contribution < -0.4 is 5.32 Å². The molecule has 2 aromatic carbocycles. The fourth-order valence-corrected chi connectivity index (χ4v) is 5.82. The number of carbonyl (C=O) groups excluding carboxylic acids is 1. The number of anilines is 2. The van der Waals surface area contributed by atoms with Gasteiger partial charge >= 0.3 is 5.97 Å². The number of sulfonamides is 1. The molecule has 1 fully saturated rings. The number of para-hydroxylation sites is 1. The van der Waals surface area contributed by atoms with Crippen molar-refractivity contribution in [3.63, 3.8) is 0 Å². The van der Waals surface area contributed by atoms with E-state index in [4.69, 9.17) is 16.3 Å². The molecule has 0 saturated carbocycles. The molecule has 1 aromatic heterocycles. The Morgan fingerprint density at radius 1 is 1.12 bits per heavy atom. The fraction of sp³-hybridized carbons (Fsp3) is 0.273. The Labute approximate surface area is 196 Å². The third kappa shape index (κ3) is 5.29. The van der Waals surface area contributed by atoms with Crippen LogP contribution in [0.3, 0.4) is 0 Å². The molecule has 0 atom stereocenters. The molecular formula is C22H22ClN3O4S2. The van der Waals surface area contributed by atoms with Crippen LogP contribution in [0.5, 0.6) is 0 Å². The summed E-state index contributed by atoms with van der Waals surface area (Å²) in [6.45, 7) is 0.910. The molecule has 1 aliphatic heterocycles. The lowest BCUT2D eigenvalue weighted by Gasteiger charge is -2.26. The van der Waals surface area contributed by atoms with E-state index in [1.54, 1.807) is 5.38 Å². The van der Waals surface area contributed by atoms with Gasteiger partial charge in [0.05, 0.1) is 21.2 Å². The van der Waals surface area contributed by atoms with Gasteiger partial charge in [-0.1, -0.05) is 36.2 Å². The van der Waals surface area contributed by atoms with Gasteiger partial charge in [-0.15, -0.1) is 11.3 Å². The van der Waals surface area contributed by atoms with E-state index in [1.807, 2.05) is 30.3 Å². The first-order valence-electron chi connectivity index (χ1n) is 10.2. The molecule has 0 aliphatic carbocycles. The van der Waals surface area contributed by atoms with Crippen LogP contribution in [0, 0.1) is 0 Å². The zero-order valence-corrected chi connectivity index (χ0v) is 19.5. The number of rotatable bonds is 7. The van der Waals surface area contributed by atoms with Gasteiger partial charge in [-0.2, -0.15) is 4.31 Å². The Bertz CT molecular complexity index is 1190. The minimum absolute atomic E-state index is 0.0163. The van der Waals surface area contributed by atoms with Crippen LogP contribution in [0.15, 0.2) is 58.8 Å². The van der Waals surface area contributed by atoms with Gasteiger partial charge in [0.25, 0.3) is 0 Å². The average molecular weight is 492 g/mol. The number of piperidine rings is 1. The van der Waals surface area contributed by atoms with Crippen LogP contribution in [0.1, 0.15) is 35.3 Å². The third-order valence-corrected chi connectivity index (χ3v) is 8.07. The fourth-order valence-electron chi connectivity index (χ4n) is 3.37. The Kier molecular flexibility index (Phi) is 7.10. The van der Waals surface area contributed by atoms with E-state index in [2.05, 4.69) is 10.3 Å². The molecule has 2 heterocycles. The number of nitrogens with zero attached hydrogens (tertiary/aromatic N) is 2. The van der Waals surface area contributed by atoms with Crippen molar-refractivity contribution >= 4 is 49.7 Å². The number of hydrogen-bond donors (Lipinski definition) is 1. The summed E-state index contributed by atoms with van der Waals surface area (Å²) in [5.41, 5.74) is 1.50. The van der Waals surface area contributed by atoms with Crippen molar-refractivity contribution in [2.75, 3.05) is 18.4 Å². The molecule has 1 N–H and O–H groups in total. The maximum Gasteiger partial charge on any atom is 0.340 e. The number of carbonyl (C=O) groups is 1. The van der Waals surface area contributed by atoms with Crippen LogP contribution in [-0.2, 0) is 21.4 Å². The first-order chi connectivity index (χ1) is 15.4. The highest BCUT2D eigenvalue weighted by atomic mass is 35.5. The molecule has 1 aliphatic rings. The highest BCUT2D eigenvalue weighted by Gasteiger charge is 2.27. The van der Waals surface area contributed by atoms with E-state index in [1.165, 1.54) is 33.8 Å². The minimum atomic E-state index is -3.68. The van der Waals surface area contributed by atoms with Gasteiger partial charge in [0.2, 0.25) is 10.0 Å². The van der Waals surface area contributed by atoms with Gasteiger partial charge in [0.1, 0.15) is 6.61 Å². The summed E-state index contributed by atoms with van der Waals surface area (Å²) < 4.78 is 32.6. The molecule has 32 heavy (non-hydrogen) atoms. The highest BCUT2D eigenvalue weighted by molar-refractivity contribution is 7.89. The molecule has 7 nitrogen and oxygen atoms in total. The summed E-state index contributed by atoms with van der Waals surface area (Å²) in [7, 11) is -3.68. The van der Waals surface area contributed by atoms with Crippen molar-refractivity contribution in [2.24, 2.45) is 0 Å². The Balaban J connectivity index is 1.43. The maximum absolute atomic E-state index is 12.9. The summed E-state index contributed by atoms with van der Waals surface area (Å²) in [5.74, 6) is -0.698. The second-order valence-corrected chi connectivity index (χ2v) is 10.5. The van der Waals surface area contributed by atoms with Crippen LogP contribution in [-0.4, -0.2) is 36.8 Å². The highest BCUT2D eigenvalue weighted by Crippen LogP contribution is 2.26. The van der Waals surface area contributed by atoms with Crippen molar-refractivity contribution < 1.29 is 17.9 Å². The van der Waals surface area contributed by atoms with Crippen molar-refractivity contribution in [2.45, 2.75) is 30.8 Å². The molecule has 10 heteroatoms. The summed E-state index contributed by atoms with van der Waals surface area (Å²) in [6, 6.07) is 13.7. The summed E-state index contributed by atoms with van der Waals surface area (Å²) >= 11 is 7.56. The Hall–Kier alpha value is -2.46. The van der Waals surface area contributed by atoms with Crippen LogP contribution in [0.2, 0.25) is 5.02 Å². The lowest BCUT2D eigenvalue weighted by molar-refractivity contribution is 0.0468. The molecular weight excluding hydrogens is 470 g/mol. The third-order valence-electron chi connectivity index (χ3n) is 5.04. The number of nitrogens with one attached hydrogen (secondary N) is 1. The summed E-state index contributed by atoms with van der Waals surface area (Å²) in [4.78, 5) is 17.1. The number of hydrogen-bond acceptors (Lipinski definition) is 7. The molecule has 3 aromatic rings. The molecule has 0 amide bonds. The lowest BCUT2D eigenvalue weighted by atomic mass is 10.2. The molecule has 0 bridgehead atoms. The number of ether oxygens (including phenoxy) is 1. The monoisotopic (exact) mass is 491 g/mol. The van der Waals surface area contributed by atoms with Gasteiger partial charge < -0.3 is 10.1 Å². The first kappa shape index (κ1) is 22.7. The van der Waals surface area contributed by atoms with Crippen LogP contribution >= 0.6 is 22.9 Å². The Morgan fingerprint density at radius 3 is 2.62 bits per heavy atom. The van der Waals surface area contributed by atoms with Crippen molar-refractivity contribution in [3.8, 4) is 0 Å². The van der Waals surface area contributed by atoms with E-state index >= 15 is 0 Å². The smallest absolute Gasteiger partial charge is 0.340 e. The van der Waals surface area contributed by atoms with E-state index in [0.717, 1.165) is 24.9 Å². The molecule has 0 unspecified atom stereocenters. The zero-order chi connectivity index (χ0) is 22.6. The van der Waals surface area contributed by atoms with Crippen LogP contribution in [0.25, 0.3) is 0 Å².